The molecule has 0 amide bonds. The molecule has 2 saturated carbocycles. The summed E-state index contributed by atoms with van der Waals surface area (Å²) in [5.41, 5.74) is 4.94. The highest BCUT2D eigenvalue weighted by Gasteiger charge is 2.66. The lowest BCUT2D eigenvalue weighted by Crippen LogP contribution is -2.56. The number of likely N-dealkylation sites (tertiary alicyclic amines) is 1. The van der Waals surface area contributed by atoms with Gasteiger partial charge in [-0.2, -0.15) is 0 Å². The standard InChI is InChI=1S/C31H36N2O/c1-29-11-9-25-18-24-5-6-26(33-15-2-16-33)19-30(24)12-13-31(25,34-30)28(29)8-7-27(29)22-4-3-21-10-14-32-20-23(21)17-22/h3-4,9-10,14,17-18,20,26-28H,2,5-8,11-13,15-16,19H2,1H3/t26?,27-,28-,29-,30-,31?/m1/s1. The Balaban J connectivity index is 1.16. The van der Waals surface area contributed by atoms with E-state index in [-0.39, 0.29) is 16.6 Å². The minimum absolute atomic E-state index is 0.0286. The van der Waals surface area contributed by atoms with Crippen LogP contribution in [0.2, 0.25) is 0 Å². The molecule has 6 aliphatic rings. The number of benzene rings is 1. The first-order valence-electron chi connectivity index (χ1n) is 13.8. The summed E-state index contributed by atoms with van der Waals surface area (Å²) in [6.45, 7) is 5.20. The fraction of sp³-hybridized carbons (Fsp3) is 0.581. The number of nitrogens with zero attached hydrogens (tertiary/aromatic N) is 2. The molecule has 0 radical (unpaired) electrons. The number of rotatable bonds is 2. The number of pyridine rings is 1. The molecule has 1 aromatic carbocycles. The Hall–Kier alpha value is -1.97. The first-order valence-corrected chi connectivity index (χ1v) is 13.8. The number of allylic oxidation sites excluding steroid dienone is 1. The quantitative estimate of drug-likeness (QED) is 0.516. The fourth-order valence-electron chi connectivity index (χ4n) is 9.27. The highest BCUT2D eigenvalue weighted by Crippen LogP contribution is 2.69. The first kappa shape index (κ1) is 20.2. The summed E-state index contributed by atoms with van der Waals surface area (Å²) < 4.78 is 7.49. The lowest BCUT2D eigenvalue weighted by atomic mass is 9.58. The van der Waals surface area contributed by atoms with Gasteiger partial charge < -0.3 is 9.64 Å². The van der Waals surface area contributed by atoms with E-state index in [0.717, 1.165) is 6.04 Å². The van der Waals surface area contributed by atoms with Crippen LogP contribution in [0.1, 0.15) is 76.2 Å². The van der Waals surface area contributed by atoms with Gasteiger partial charge in [-0.15, -0.1) is 0 Å². The van der Waals surface area contributed by atoms with Gasteiger partial charge in [0.15, 0.2) is 0 Å². The molecule has 3 heteroatoms. The molecule has 2 saturated heterocycles. The number of hydrogen-bond donors (Lipinski definition) is 0. The summed E-state index contributed by atoms with van der Waals surface area (Å²) in [5, 5.41) is 2.57. The van der Waals surface area contributed by atoms with Crippen LogP contribution < -0.4 is 0 Å². The number of ether oxygens (including phenoxy) is 1. The van der Waals surface area contributed by atoms with Gasteiger partial charge in [-0.1, -0.05) is 31.2 Å². The molecule has 3 aliphatic heterocycles. The van der Waals surface area contributed by atoms with Crippen LogP contribution in [0.4, 0.5) is 0 Å². The van der Waals surface area contributed by atoms with E-state index in [9.17, 15) is 0 Å². The molecule has 1 aromatic heterocycles. The highest BCUT2D eigenvalue weighted by atomic mass is 16.5. The molecule has 4 heterocycles. The van der Waals surface area contributed by atoms with Crippen molar-refractivity contribution in [3.8, 4) is 0 Å². The van der Waals surface area contributed by atoms with Gasteiger partial charge in [-0.25, -0.2) is 0 Å². The Morgan fingerprint density at radius 2 is 2.00 bits per heavy atom. The van der Waals surface area contributed by atoms with Crippen molar-refractivity contribution >= 4 is 10.8 Å². The van der Waals surface area contributed by atoms with E-state index < -0.39 is 0 Å². The highest BCUT2D eigenvalue weighted by molar-refractivity contribution is 5.82. The minimum atomic E-state index is -0.0412. The van der Waals surface area contributed by atoms with Gasteiger partial charge in [-0.05, 0) is 122 Å². The zero-order chi connectivity index (χ0) is 22.5. The Kier molecular flexibility index (Phi) is 4.06. The molecule has 4 fully saturated rings. The van der Waals surface area contributed by atoms with Gasteiger partial charge in [0.1, 0.15) is 0 Å². The summed E-state index contributed by atoms with van der Waals surface area (Å²) in [6.07, 6.45) is 20.6. The van der Waals surface area contributed by atoms with E-state index in [1.54, 1.807) is 11.1 Å². The lowest BCUT2D eigenvalue weighted by molar-refractivity contribution is -0.142. The van der Waals surface area contributed by atoms with Gasteiger partial charge >= 0.3 is 0 Å². The third kappa shape index (κ3) is 2.53. The predicted molar refractivity (Wildman–Crippen MR) is 136 cm³/mol. The second-order valence-electron chi connectivity index (χ2n) is 12.5. The third-order valence-corrected chi connectivity index (χ3v) is 11.1. The summed E-state index contributed by atoms with van der Waals surface area (Å²) in [4.78, 5) is 7.12. The number of hydrogen-bond acceptors (Lipinski definition) is 3. The van der Waals surface area contributed by atoms with Crippen LogP contribution in [-0.2, 0) is 4.74 Å². The minimum Gasteiger partial charge on any atom is -0.359 e. The van der Waals surface area contributed by atoms with Crippen molar-refractivity contribution in [2.45, 2.75) is 87.9 Å². The van der Waals surface area contributed by atoms with Crippen LogP contribution >= 0.6 is 0 Å². The van der Waals surface area contributed by atoms with Gasteiger partial charge in [0, 0.05) is 23.8 Å². The smallest absolute Gasteiger partial charge is 0.0974 e. The van der Waals surface area contributed by atoms with E-state index in [4.69, 9.17) is 4.74 Å². The Labute approximate surface area is 203 Å². The summed E-state index contributed by atoms with van der Waals surface area (Å²) in [6, 6.07) is 9.99. The average Bonchev–Trinajstić information content (AvgIpc) is 3.33. The van der Waals surface area contributed by atoms with E-state index >= 15 is 0 Å². The molecular weight excluding hydrogens is 416 g/mol. The molecule has 2 aromatic rings. The zero-order valence-electron chi connectivity index (χ0n) is 20.4. The van der Waals surface area contributed by atoms with Crippen molar-refractivity contribution in [1.29, 1.82) is 0 Å². The SMILES string of the molecule is C[C@]12CC=C3C=C4CCC(N5CCC5)C[C@]45CCC3(O5)[C@@H]1CC[C@@H]2c1ccc2ccncc2c1. The molecule has 2 spiro atoms. The summed E-state index contributed by atoms with van der Waals surface area (Å²) in [5.74, 6) is 1.22. The molecule has 3 aliphatic carbocycles. The Morgan fingerprint density at radius 3 is 2.88 bits per heavy atom. The topological polar surface area (TPSA) is 25.4 Å². The monoisotopic (exact) mass is 452 g/mol. The second-order valence-corrected chi connectivity index (χ2v) is 12.5. The van der Waals surface area contributed by atoms with Gasteiger partial charge in [0.05, 0.1) is 11.2 Å². The molecule has 34 heavy (non-hydrogen) atoms. The van der Waals surface area contributed by atoms with Crippen molar-refractivity contribution in [1.82, 2.24) is 9.88 Å². The van der Waals surface area contributed by atoms with Crippen molar-refractivity contribution in [2.24, 2.45) is 11.3 Å². The van der Waals surface area contributed by atoms with Gasteiger partial charge in [0.2, 0.25) is 0 Å². The molecule has 2 unspecified atom stereocenters. The summed E-state index contributed by atoms with van der Waals surface area (Å²) >= 11 is 0. The number of aromatic nitrogens is 1. The van der Waals surface area contributed by atoms with Crippen LogP contribution in [0, 0.1) is 11.3 Å². The van der Waals surface area contributed by atoms with Crippen LogP contribution in [0.15, 0.2) is 60.0 Å². The summed E-state index contributed by atoms with van der Waals surface area (Å²) in [7, 11) is 0. The van der Waals surface area contributed by atoms with Crippen molar-refractivity contribution in [2.75, 3.05) is 13.1 Å². The molecule has 0 N–H and O–H groups in total. The second kappa shape index (κ2) is 6.83. The molecule has 176 valence electrons. The van der Waals surface area contributed by atoms with Crippen molar-refractivity contribution in [3.63, 3.8) is 0 Å². The lowest BCUT2D eigenvalue weighted by Gasteiger charge is -2.55. The van der Waals surface area contributed by atoms with Crippen LogP contribution in [0.25, 0.3) is 10.8 Å². The Bertz CT molecular complexity index is 1240. The van der Waals surface area contributed by atoms with E-state index in [0.29, 0.717) is 11.8 Å². The predicted octanol–water partition coefficient (Wildman–Crippen LogP) is 6.55. The van der Waals surface area contributed by atoms with Gasteiger partial charge in [0.25, 0.3) is 0 Å². The maximum atomic E-state index is 7.49. The zero-order valence-corrected chi connectivity index (χ0v) is 20.4. The maximum Gasteiger partial charge on any atom is 0.0974 e. The maximum absolute atomic E-state index is 7.49. The molecule has 2 bridgehead atoms. The average molecular weight is 453 g/mol. The van der Waals surface area contributed by atoms with Gasteiger partial charge in [-0.3, -0.25) is 4.98 Å². The number of fused-ring (bicyclic) bond motifs is 2. The fourth-order valence-corrected chi connectivity index (χ4v) is 9.27. The normalized spacial score (nSPS) is 42.9. The van der Waals surface area contributed by atoms with Crippen LogP contribution in [0.3, 0.4) is 0 Å². The molecule has 6 atom stereocenters. The molecule has 8 rings (SSSR count). The van der Waals surface area contributed by atoms with Crippen LogP contribution in [0.5, 0.6) is 0 Å². The largest absolute Gasteiger partial charge is 0.359 e. The van der Waals surface area contributed by atoms with E-state index in [1.807, 2.05) is 12.4 Å². The van der Waals surface area contributed by atoms with E-state index in [1.165, 1.54) is 87.2 Å². The molecular formula is C31H36N2O. The van der Waals surface area contributed by atoms with E-state index in [2.05, 4.69) is 53.2 Å². The Morgan fingerprint density at radius 1 is 1.06 bits per heavy atom. The van der Waals surface area contributed by atoms with Crippen molar-refractivity contribution in [3.05, 3.63) is 65.5 Å². The first-order chi connectivity index (χ1) is 16.6. The third-order valence-electron chi connectivity index (χ3n) is 11.1. The molecule has 3 nitrogen and oxygen atoms in total. The van der Waals surface area contributed by atoms with Crippen molar-refractivity contribution < 1.29 is 4.74 Å². The van der Waals surface area contributed by atoms with Crippen LogP contribution in [-0.4, -0.2) is 40.2 Å².